The van der Waals surface area contributed by atoms with E-state index in [0.29, 0.717) is 11.5 Å². The molecule has 1 aliphatic carbocycles. The number of sulfone groups is 1. The molecule has 0 bridgehead atoms. The number of hydrogen-bond donors (Lipinski definition) is 1. The molecule has 1 saturated heterocycles. The highest BCUT2D eigenvalue weighted by Gasteiger charge is 2.28. The Morgan fingerprint density at radius 3 is 2.79 bits per heavy atom. The quantitative estimate of drug-likeness (QED) is 0.920. The molecule has 1 N–H and O–H groups in total. The van der Waals surface area contributed by atoms with Crippen molar-refractivity contribution in [3.05, 3.63) is 34.9 Å². The molecule has 0 aromatic heterocycles. The zero-order valence-electron chi connectivity index (χ0n) is 11.4. The van der Waals surface area contributed by atoms with Crippen molar-refractivity contribution in [2.24, 2.45) is 0 Å². The van der Waals surface area contributed by atoms with Gasteiger partial charge in [0, 0.05) is 12.1 Å². The Morgan fingerprint density at radius 1 is 1.26 bits per heavy atom. The first-order valence-electron chi connectivity index (χ1n) is 7.12. The molecule has 4 heteroatoms. The van der Waals surface area contributed by atoms with Crippen LogP contribution in [-0.2, 0) is 22.7 Å². The number of benzene rings is 1. The zero-order valence-corrected chi connectivity index (χ0v) is 12.2. The number of fused-ring (bicyclic) bond motifs is 1. The Labute approximate surface area is 115 Å². The molecule has 0 radical (unpaired) electrons. The number of rotatable bonds is 3. The summed E-state index contributed by atoms with van der Waals surface area (Å²) in [5, 5.41) is 3.46. The van der Waals surface area contributed by atoms with E-state index in [4.69, 9.17) is 0 Å². The average Bonchev–Trinajstić information content (AvgIpc) is 2.94. The summed E-state index contributed by atoms with van der Waals surface area (Å²) in [6.07, 6.45) is 4.41. The highest BCUT2D eigenvalue weighted by atomic mass is 32.2. The summed E-state index contributed by atoms with van der Waals surface area (Å²) in [5.74, 6) is 0.629. The van der Waals surface area contributed by atoms with E-state index in [1.165, 1.54) is 36.0 Å². The van der Waals surface area contributed by atoms with Crippen molar-refractivity contribution in [3.63, 3.8) is 0 Å². The predicted octanol–water partition coefficient (Wildman–Crippen LogP) is 2.01. The predicted molar refractivity (Wildman–Crippen MR) is 77.1 cm³/mol. The molecule has 1 fully saturated rings. The van der Waals surface area contributed by atoms with E-state index in [9.17, 15) is 8.42 Å². The van der Waals surface area contributed by atoms with Gasteiger partial charge in [0.1, 0.15) is 0 Å². The first-order chi connectivity index (χ1) is 9.03. The third kappa shape index (κ3) is 2.84. The van der Waals surface area contributed by atoms with Gasteiger partial charge in [0.25, 0.3) is 0 Å². The molecule has 1 heterocycles. The second-order valence-corrected chi connectivity index (χ2v) is 8.10. The molecule has 19 heavy (non-hydrogen) atoms. The van der Waals surface area contributed by atoms with E-state index < -0.39 is 9.84 Å². The molecule has 2 unspecified atom stereocenters. The summed E-state index contributed by atoms with van der Waals surface area (Å²) in [6, 6.07) is 7.06. The Morgan fingerprint density at radius 2 is 2.05 bits per heavy atom. The number of hydrogen-bond acceptors (Lipinski definition) is 3. The molecule has 0 saturated carbocycles. The van der Waals surface area contributed by atoms with Crippen molar-refractivity contribution >= 4 is 9.84 Å². The molecule has 1 aliphatic heterocycles. The molecule has 0 spiro atoms. The Balaban J connectivity index is 1.69. The van der Waals surface area contributed by atoms with Crippen molar-refractivity contribution in [2.45, 2.75) is 44.7 Å². The minimum absolute atomic E-state index is 0.119. The molecule has 104 valence electrons. The smallest absolute Gasteiger partial charge is 0.151 e. The standard InChI is InChI=1S/C15H21NO2S/c1-11(16-15-7-8-19(17,18)10-15)13-6-5-12-3-2-4-14(12)9-13/h5-6,9,11,15-16H,2-4,7-8,10H2,1H3. The minimum Gasteiger partial charge on any atom is -0.306 e. The van der Waals surface area contributed by atoms with E-state index in [-0.39, 0.29) is 12.1 Å². The van der Waals surface area contributed by atoms with Crippen LogP contribution in [0, 0.1) is 0 Å². The van der Waals surface area contributed by atoms with Crippen LogP contribution in [0.3, 0.4) is 0 Å². The fourth-order valence-corrected chi connectivity index (χ4v) is 4.92. The fourth-order valence-electron chi connectivity index (χ4n) is 3.24. The number of aryl methyl sites for hydroxylation is 2. The van der Waals surface area contributed by atoms with E-state index in [1.807, 2.05) is 0 Å². The van der Waals surface area contributed by atoms with Gasteiger partial charge in [0.05, 0.1) is 11.5 Å². The molecule has 2 aliphatic rings. The van der Waals surface area contributed by atoms with Crippen LogP contribution in [0.1, 0.15) is 42.5 Å². The van der Waals surface area contributed by atoms with Crippen molar-refractivity contribution < 1.29 is 8.42 Å². The fraction of sp³-hybridized carbons (Fsp3) is 0.600. The molecule has 1 aromatic rings. The maximum Gasteiger partial charge on any atom is 0.151 e. The maximum absolute atomic E-state index is 11.5. The van der Waals surface area contributed by atoms with Gasteiger partial charge in [-0.3, -0.25) is 0 Å². The zero-order chi connectivity index (χ0) is 13.5. The van der Waals surface area contributed by atoms with Crippen molar-refractivity contribution in [2.75, 3.05) is 11.5 Å². The van der Waals surface area contributed by atoms with Gasteiger partial charge < -0.3 is 5.32 Å². The van der Waals surface area contributed by atoms with Gasteiger partial charge in [-0.15, -0.1) is 0 Å². The van der Waals surface area contributed by atoms with Crippen LogP contribution in [-0.4, -0.2) is 26.0 Å². The third-order valence-corrected chi connectivity index (χ3v) is 6.11. The molecule has 3 nitrogen and oxygen atoms in total. The minimum atomic E-state index is -2.80. The number of nitrogens with one attached hydrogen (secondary N) is 1. The Bertz CT molecular complexity index is 580. The SMILES string of the molecule is CC(NC1CCS(=O)(=O)C1)c1ccc2c(c1)CCC2. The first kappa shape index (κ1) is 13.1. The van der Waals surface area contributed by atoms with Crippen molar-refractivity contribution in [1.82, 2.24) is 5.32 Å². The van der Waals surface area contributed by atoms with Crippen LogP contribution >= 0.6 is 0 Å². The van der Waals surface area contributed by atoms with Gasteiger partial charge in [-0.2, -0.15) is 0 Å². The highest BCUT2D eigenvalue weighted by Crippen LogP contribution is 2.26. The summed E-state index contributed by atoms with van der Waals surface area (Å²) < 4.78 is 22.9. The Kier molecular flexibility index (Phi) is 3.39. The lowest BCUT2D eigenvalue weighted by Crippen LogP contribution is -2.32. The summed E-state index contributed by atoms with van der Waals surface area (Å²) in [6.45, 7) is 2.13. The van der Waals surface area contributed by atoms with Gasteiger partial charge in [-0.25, -0.2) is 8.42 Å². The van der Waals surface area contributed by atoms with E-state index in [0.717, 1.165) is 6.42 Å². The molecule has 2 atom stereocenters. The molecule has 1 aromatic carbocycles. The van der Waals surface area contributed by atoms with Crippen LogP contribution in [0.4, 0.5) is 0 Å². The summed E-state index contributed by atoms with van der Waals surface area (Å²) in [4.78, 5) is 0. The van der Waals surface area contributed by atoms with Gasteiger partial charge in [0.15, 0.2) is 9.84 Å². The molecular formula is C15H21NO2S. The second-order valence-electron chi connectivity index (χ2n) is 5.87. The van der Waals surface area contributed by atoms with Gasteiger partial charge in [0.2, 0.25) is 0 Å². The van der Waals surface area contributed by atoms with Crippen molar-refractivity contribution in [3.8, 4) is 0 Å². The maximum atomic E-state index is 11.5. The lowest BCUT2D eigenvalue weighted by atomic mass is 10.0. The van der Waals surface area contributed by atoms with Crippen LogP contribution in [0.25, 0.3) is 0 Å². The largest absolute Gasteiger partial charge is 0.306 e. The summed E-state index contributed by atoms with van der Waals surface area (Å²) >= 11 is 0. The highest BCUT2D eigenvalue weighted by molar-refractivity contribution is 7.91. The van der Waals surface area contributed by atoms with Crippen molar-refractivity contribution in [1.29, 1.82) is 0 Å². The van der Waals surface area contributed by atoms with Crippen LogP contribution in [0.15, 0.2) is 18.2 Å². The van der Waals surface area contributed by atoms with Gasteiger partial charge >= 0.3 is 0 Å². The average molecular weight is 279 g/mol. The van der Waals surface area contributed by atoms with E-state index >= 15 is 0 Å². The molecule has 0 amide bonds. The second kappa shape index (κ2) is 4.91. The van der Waals surface area contributed by atoms with Gasteiger partial charge in [-0.05, 0) is 49.3 Å². The topological polar surface area (TPSA) is 46.2 Å². The third-order valence-electron chi connectivity index (χ3n) is 4.34. The van der Waals surface area contributed by atoms with E-state index in [1.54, 1.807) is 0 Å². The summed E-state index contributed by atoms with van der Waals surface area (Å²) in [5.41, 5.74) is 4.24. The Hall–Kier alpha value is -0.870. The van der Waals surface area contributed by atoms with E-state index in [2.05, 4.69) is 30.4 Å². The molecular weight excluding hydrogens is 258 g/mol. The normalized spacial score (nSPS) is 26.3. The van der Waals surface area contributed by atoms with Crippen LogP contribution in [0.5, 0.6) is 0 Å². The monoisotopic (exact) mass is 279 g/mol. The first-order valence-corrected chi connectivity index (χ1v) is 8.94. The lowest BCUT2D eigenvalue weighted by molar-refractivity contribution is 0.484. The molecule has 3 rings (SSSR count). The summed E-state index contributed by atoms with van der Waals surface area (Å²) in [7, 11) is -2.80. The van der Waals surface area contributed by atoms with Crippen LogP contribution < -0.4 is 5.32 Å². The van der Waals surface area contributed by atoms with Crippen LogP contribution in [0.2, 0.25) is 0 Å². The lowest BCUT2D eigenvalue weighted by Gasteiger charge is -2.19. The van der Waals surface area contributed by atoms with Gasteiger partial charge in [-0.1, -0.05) is 18.2 Å².